The van der Waals surface area contributed by atoms with Gasteiger partial charge in [-0.1, -0.05) is 0 Å². The molecule has 1 aromatic carbocycles. The molecule has 84 valence electrons. The summed E-state index contributed by atoms with van der Waals surface area (Å²) in [5.41, 5.74) is 2.38. The molecule has 1 aromatic heterocycles. The Morgan fingerprint density at radius 1 is 1.25 bits per heavy atom. The second-order valence-electron chi connectivity index (χ2n) is 4.30. The number of hydrogen-bond acceptors (Lipinski definition) is 1. The fraction of sp³-hybridized carbons (Fsp3) is 0.385. The van der Waals surface area contributed by atoms with E-state index in [9.17, 15) is 4.39 Å². The Morgan fingerprint density at radius 3 is 2.94 bits per heavy atom. The van der Waals surface area contributed by atoms with Crippen molar-refractivity contribution >= 4 is 24.1 Å². The van der Waals surface area contributed by atoms with E-state index < -0.39 is 0 Å². The molecule has 1 aliphatic heterocycles. The van der Waals surface area contributed by atoms with Gasteiger partial charge in [0.1, 0.15) is 0 Å². The van der Waals surface area contributed by atoms with Crippen molar-refractivity contribution in [1.29, 1.82) is 0 Å². The molecule has 3 heteroatoms. The Labute approximate surface area is 100 Å². The normalized spacial score (nSPS) is 16.1. The summed E-state index contributed by atoms with van der Waals surface area (Å²) in [6.45, 7) is 4.06. The Morgan fingerprint density at radius 2 is 2.06 bits per heavy atom. The average molecular weight is 282 g/mol. The van der Waals surface area contributed by atoms with Crippen LogP contribution in [0.25, 0.3) is 9.65 Å². The van der Waals surface area contributed by atoms with Gasteiger partial charge in [-0.05, 0) is 0 Å². The van der Waals surface area contributed by atoms with Crippen LogP contribution in [-0.2, 0) is 12.8 Å². The summed E-state index contributed by atoms with van der Waals surface area (Å²) in [4.78, 5) is 0. The van der Waals surface area contributed by atoms with Gasteiger partial charge in [0, 0.05) is 0 Å². The van der Waals surface area contributed by atoms with E-state index in [0.717, 1.165) is 31.5 Å². The van der Waals surface area contributed by atoms with Gasteiger partial charge < -0.3 is 0 Å². The maximum atomic E-state index is 13.5. The van der Waals surface area contributed by atoms with Crippen molar-refractivity contribution in [1.82, 2.24) is 5.32 Å². The van der Waals surface area contributed by atoms with Gasteiger partial charge in [-0.3, -0.25) is 0 Å². The zero-order valence-electron chi connectivity index (χ0n) is 9.27. The van der Waals surface area contributed by atoms with E-state index in [1.165, 1.54) is 15.2 Å². The van der Waals surface area contributed by atoms with E-state index in [1.54, 1.807) is 10.5 Å². The van der Waals surface area contributed by atoms with Gasteiger partial charge in [-0.25, -0.2) is 0 Å². The van der Waals surface area contributed by atoms with Crippen molar-refractivity contribution in [2.45, 2.75) is 19.8 Å². The first kappa shape index (κ1) is 10.5. The van der Waals surface area contributed by atoms with Crippen LogP contribution >= 0.6 is 0 Å². The first-order chi connectivity index (χ1) is 7.77. The summed E-state index contributed by atoms with van der Waals surface area (Å²) < 4.78 is 16.4. The van der Waals surface area contributed by atoms with Crippen molar-refractivity contribution in [3.63, 3.8) is 0 Å². The number of benzene rings is 1. The fourth-order valence-electron chi connectivity index (χ4n) is 2.39. The van der Waals surface area contributed by atoms with Crippen molar-refractivity contribution in [2.24, 2.45) is 0 Å². The number of hydrogen-bond donors (Lipinski definition) is 1. The fourth-order valence-corrected chi connectivity index (χ4v) is 5.19. The number of aryl methyl sites for hydroxylation is 1. The van der Waals surface area contributed by atoms with Crippen LogP contribution in [0.3, 0.4) is 0 Å². The van der Waals surface area contributed by atoms with Crippen LogP contribution in [0.5, 0.6) is 0 Å². The number of halogens is 1. The molecule has 1 N–H and O–H groups in total. The first-order valence-electron chi connectivity index (χ1n) is 5.67. The van der Waals surface area contributed by atoms with E-state index >= 15 is 0 Å². The number of rotatable bonds is 0. The van der Waals surface area contributed by atoms with Crippen molar-refractivity contribution in [2.75, 3.05) is 13.1 Å². The summed E-state index contributed by atoms with van der Waals surface area (Å²) >= 11 is 0.364. The molecule has 0 radical (unpaired) electrons. The van der Waals surface area contributed by atoms with E-state index in [1.807, 2.05) is 13.0 Å². The topological polar surface area (TPSA) is 12.0 Å². The molecule has 0 bridgehead atoms. The molecule has 2 heterocycles. The summed E-state index contributed by atoms with van der Waals surface area (Å²) in [6.07, 6.45) is 2.25. The standard InChI is InChI=1S/C13H14FNSe/c1-8-11(14)3-2-10-9-4-6-15-7-5-12(9)16-13(8)10/h2-3,15H,4-7H2,1H3. The zero-order valence-corrected chi connectivity index (χ0v) is 11.0. The van der Waals surface area contributed by atoms with Gasteiger partial charge in [0.25, 0.3) is 0 Å². The second-order valence-corrected chi connectivity index (χ2v) is 6.62. The molecule has 0 spiro atoms. The third kappa shape index (κ3) is 1.55. The van der Waals surface area contributed by atoms with Gasteiger partial charge in [-0.2, -0.15) is 0 Å². The number of nitrogens with one attached hydrogen (secondary N) is 1. The Balaban J connectivity index is 2.28. The monoisotopic (exact) mass is 283 g/mol. The summed E-state index contributed by atoms with van der Waals surface area (Å²) in [6, 6.07) is 3.60. The van der Waals surface area contributed by atoms with Crippen LogP contribution in [0.2, 0.25) is 0 Å². The Hall–Kier alpha value is -0.631. The van der Waals surface area contributed by atoms with Crippen LogP contribution in [0.1, 0.15) is 15.6 Å². The molecule has 0 saturated heterocycles. The minimum absolute atomic E-state index is 0.0450. The molecule has 0 atom stereocenters. The van der Waals surface area contributed by atoms with Crippen LogP contribution in [0.15, 0.2) is 12.1 Å². The van der Waals surface area contributed by atoms with E-state index in [4.69, 9.17) is 0 Å². The van der Waals surface area contributed by atoms with E-state index in [2.05, 4.69) is 5.32 Å². The zero-order chi connectivity index (χ0) is 11.1. The van der Waals surface area contributed by atoms with Gasteiger partial charge in [-0.15, -0.1) is 0 Å². The molecule has 0 amide bonds. The third-order valence-electron chi connectivity index (χ3n) is 3.31. The quantitative estimate of drug-likeness (QED) is 0.729. The van der Waals surface area contributed by atoms with E-state index in [0.29, 0.717) is 14.5 Å². The molecule has 0 unspecified atom stereocenters. The van der Waals surface area contributed by atoms with Gasteiger partial charge >= 0.3 is 100 Å². The predicted molar refractivity (Wildman–Crippen MR) is 65.9 cm³/mol. The van der Waals surface area contributed by atoms with Crippen LogP contribution in [0.4, 0.5) is 4.39 Å². The molecule has 0 saturated carbocycles. The summed E-state index contributed by atoms with van der Waals surface area (Å²) in [7, 11) is 0. The minimum atomic E-state index is -0.0450. The van der Waals surface area contributed by atoms with Crippen molar-refractivity contribution in [3.8, 4) is 0 Å². The Kier molecular flexibility index (Phi) is 2.62. The second kappa shape index (κ2) is 3.99. The van der Waals surface area contributed by atoms with E-state index in [-0.39, 0.29) is 5.82 Å². The summed E-state index contributed by atoms with van der Waals surface area (Å²) in [5, 5.41) is 4.76. The maximum absolute atomic E-state index is 13.5. The first-order valence-corrected chi connectivity index (χ1v) is 7.39. The van der Waals surface area contributed by atoms with Crippen LogP contribution in [0, 0.1) is 12.7 Å². The van der Waals surface area contributed by atoms with Gasteiger partial charge in [0.05, 0.1) is 0 Å². The van der Waals surface area contributed by atoms with Gasteiger partial charge in [0.2, 0.25) is 0 Å². The SMILES string of the molecule is Cc1c(F)ccc2c3c([se]c12)CCNCC3. The third-order valence-corrected chi connectivity index (χ3v) is 6.30. The molecular formula is C13H14FNSe. The molecule has 3 rings (SSSR count). The average Bonchev–Trinajstić information content (AvgIpc) is 2.47. The molecule has 0 fully saturated rings. The molecule has 2 aromatic rings. The molecule has 0 aliphatic carbocycles. The molecule has 1 aliphatic rings. The van der Waals surface area contributed by atoms with Crippen LogP contribution in [-0.4, -0.2) is 27.6 Å². The molecule has 1 nitrogen and oxygen atoms in total. The number of fused-ring (bicyclic) bond motifs is 3. The summed E-state index contributed by atoms with van der Waals surface area (Å²) in [5.74, 6) is -0.0450. The van der Waals surface area contributed by atoms with Gasteiger partial charge in [0.15, 0.2) is 0 Å². The molecule has 16 heavy (non-hydrogen) atoms. The van der Waals surface area contributed by atoms with Crippen molar-refractivity contribution < 1.29 is 4.39 Å². The molecular weight excluding hydrogens is 268 g/mol. The van der Waals surface area contributed by atoms with Crippen molar-refractivity contribution in [3.05, 3.63) is 33.5 Å². The van der Waals surface area contributed by atoms with Crippen LogP contribution < -0.4 is 5.32 Å². The Bertz CT molecular complexity index is 544. The predicted octanol–water partition coefficient (Wildman–Crippen LogP) is 2.03.